The van der Waals surface area contributed by atoms with Crippen molar-refractivity contribution >= 4 is 48.7 Å². The van der Waals surface area contributed by atoms with E-state index < -0.39 is 57.9 Å². The van der Waals surface area contributed by atoms with Crippen LogP contribution in [0.3, 0.4) is 0 Å². The van der Waals surface area contributed by atoms with Crippen molar-refractivity contribution in [2.24, 2.45) is 0 Å². The van der Waals surface area contributed by atoms with E-state index in [9.17, 15) is 30.0 Å². The summed E-state index contributed by atoms with van der Waals surface area (Å²) in [6.07, 6.45) is -2.27. The first-order valence-corrected chi connectivity index (χ1v) is 12.1. The molecular weight excluding hydrogens is 502 g/mol. The minimum absolute atomic E-state index is 0.00325. The van der Waals surface area contributed by atoms with Crippen LogP contribution < -0.4 is 4.72 Å². The Kier molecular flexibility index (Phi) is 6.29. The zero-order valence-corrected chi connectivity index (χ0v) is 18.3. The molecule has 0 amide bonds. The molecule has 166 valence electrons. The normalized spacial score (nSPS) is 12.7. The van der Waals surface area contributed by atoms with E-state index in [1.165, 1.54) is 18.6 Å². The number of hydrogen-bond donors (Lipinski definition) is 2. The van der Waals surface area contributed by atoms with E-state index in [4.69, 9.17) is 23.2 Å². The number of nitrogens with zero attached hydrogens (tertiary/aromatic N) is 1. The maximum atomic E-state index is 13.1. The SMILES string of the molecule is O=S(=O)(Cc1c[nH]cn1)c1ccc(Cl)cc1NS(=O)(=O)c1ccc(Cl)c(C(F)(F)F)c1. The number of sulfone groups is 1. The molecule has 0 bridgehead atoms. The Morgan fingerprint density at radius 3 is 2.35 bits per heavy atom. The maximum Gasteiger partial charge on any atom is 0.417 e. The van der Waals surface area contributed by atoms with Crippen LogP contribution in [-0.2, 0) is 31.8 Å². The predicted octanol–water partition coefficient (Wildman–Crippen LogP) is 4.51. The van der Waals surface area contributed by atoms with Crippen molar-refractivity contribution in [3.8, 4) is 0 Å². The van der Waals surface area contributed by atoms with E-state index in [1.807, 2.05) is 4.72 Å². The highest BCUT2D eigenvalue weighted by Gasteiger charge is 2.35. The highest BCUT2D eigenvalue weighted by Crippen LogP contribution is 2.37. The van der Waals surface area contributed by atoms with Crippen LogP contribution in [0.25, 0.3) is 0 Å². The summed E-state index contributed by atoms with van der Waals surface area (Å²) < 4.78 is 92.3. The van der Waals surface area contributed by atoms with E-state index in [0.29, 0.717) is 6.07 Å². The first-order valence-electron chi connectivity index (χ1n) is 8.19. The van der Waals surface area contributed by atoms with E-state index >= 15 is 0 Å². The van der Waals surface area contributed by atoms with Crippen molar-refractivity contribution in [1.82, 2.24) is 9.97 Å². The van der Waals surface area contributed by atoms with Gasteiger partial charge in [-0.1, -0.05) is 23.2 Å². The lowest BCUT2D eigenvalue weighted by molar-refractivity contribution is -0.137. The molecule has 0 spiro atoms. The van der Waals surface area contributed by atoms with Gasteiger partial charge in [-0.05, 0) is 36.4 Å². The maximum absolute atomic E-state index is 13.1. The van der Waals surface area contributed by atoms with E-state index in [0.717, 1.165) is 24.3 Å². The van der Waals surface area contributed by atoms with Gasteiger partial charge in [-0.3, -0.25) is 4.72 Å². The summed E-state index contributed by atoms with van der Waals surface area (Å²) in [4.78, 5) is 5.23. The number of aromatic amines is 1. The molecule has 3 rings (SSSR count). The molecule has 0 aliphatic heterocycles. The number of benzene rings is 2. The van der Waals surface area contributed by atoms with E-state index in [1.54, 1.807) is 0 Å². The highest BCUT2D eigenvalue weighted by molar-refractivity contribution is 7.93. The number of rotatable bonds is 6. The zero-order chi connectivity index (χ0) is 23.0. The number of nitrogens with one attached hydrogen (secondary N) is 2. The lowest BCUT2D eigenvalue weighted by Crippen LogP contribution is -2.17. The van der Waals surface area contributed by atoms with Crippen molar-refractivity contribution in [2.75, 3.05) is 4.72 Å². The minimum Gasteiger partial charge on any atom is -0.351 e. The molecule has 0 saturated carbocycles. The van der Waals surface area contributed by atoms with Crippen LogP contribution >= 0.6 is 23.2 Å². The number of sulfonamides is 1. The second kappa shape index (κ2) is 8.34. The number of H-pyrrole nitrogens is 1. The Balaban J connectivity index is 2.04. The standard InChI is InChI=1S/C17H12Cl2F3N3O4S2/c18-10-1-4-16(30(26,27)8-11-7-23-9-24-11)15(5-10)25-31(28,29)12-2-3-14(19)13(6-12)17(20,21)22/h1-7,9,25H,8H2,(H,23,24). The number of halogens is 5. The Labute approximate surface area is 185 Å². The van der Waals surface area contributed by atoms with Gasteiger partial charge in [0.25, 0.3) is 10.0 Å². The van der Waals surface area contributed by atoms with Gasteiger partial charge in [0.05, 0.1) is 43.8 Å². The highest BCUT2D eigenvalue weighted by atomic mass is 35.5. The molecule has 3 aromatic rings. The van der Waals surface area contributed by atoms with Crippen molar-refractivity contribution in [3.05, 3.63) is 70.2 Å². The molecule has 0 unspecified atom stereocenters. The monoisotopic (exact) mass is 513 g/mol. The van der Waals surface area contributed by atoms with Gasteiger partial charge in [-0.2, -0.15) is 13.2 Å². The summed E-state index contributed by atoms with van der Waals surface area (Å²) >= 11 is 11.4. The van der Waals surface area contributed by atoms with Crippen LogP contribution in [0.1, 0.15) is 11.3 Å². The lowest BCUT2D eigenvalue weighted by Gasteiger charge is -2.15. The summed E-state index contributed by atoms with van der Waals surface area (Å²) in [5.74, 6) is -0.550. The van der Waals surface area contributed by atoms with Crippen molar-refractivity contribution in [1.29, 1.82) is 0 Å². The summed E-state index contributed by atoms with van der Waals surface area (Å²) in [6, 6.07) is 5.37. The van der Waals surface area contributed by atoms with Crippen LogP contribution in [0.15, 0.2) is 58.7 Å². The molecule has 31 heavy (non-hydrogen) atoms. The number of aromatic nitrogens is 2. The molecule has 7 nitrogen and oxygen atoms in total. The molecule has 2 aromatic carbocycles. The van der Waals surface area contributed by atoms with E-state index in [2.05, 4.69) is 9.97 Å². The Morgan fingerprint density at radius 1 is 1.03 bits per heavy atom. The van der Waals surface area contributed by atoms with Gasteiger partial charge in [0, 0.05) is 11.2 Å². The fraction of sp³-hybridized carbons (Fsp3) is 0.118. The van der Waals surface area contributed by atoms with Crippen molar-refractivity contribution in [2.45, 2.75) is 21.7 Å². The minimum atomic E-state index is -4.89. The third-order valence-electron chi connectivity index (χ3n) is 3.97. The summed E-state index contributed by atoms with van der Waals surface area (Å²) in [7, 11) is -8.72. The number of imidazole rings is 1. The Bertz CT molecular complexity index is 1330. The first-order chi connectivity index (χ1) is 14.3. The van der Waals surface area contributed by atoms with Gasteiger partial charge in [-0.25, -0.2) is 21.8 Å². The lowest BCUT2D eigenvalue weighted by atomic mass is 10.2. The third kappa shape index (κ3) is 5.32. The van der Waals surface area contributed by atoms with E-state index in [-0.39, 0.29) is 10.7 Å². The van der Waals surface area contributed by atoms with Gasteiger partial charge in [-0.15, -0.1) is 0 Å². The molecule has 1 heterocycles. The summed E-state index contributed by atoms with van der Waals surface area (Å²) in [5.41, 5.74) is -1.60. The van der Waals surface area contributed by atoms with Crippen molar-refractivity contribution in [3.63, 3.8) is 0 Å². The van der Waals surface area contributed by atoms with Crippen LogP contribution in [-0.4, -0.2) is 26.8 Å². The van der Waals surface area contributed by atoms with Crippen LogP contribution in [0.5, 0.6) is 0 Å². The molecule has 0 saturated heterocycles. The molecule has 0 fully saturated rings. The molecule has 0 atom stereocenters. The Morgan fingerprint density at radius 2 is 1.74 bits per heavy atom. The number of anilines is 1. The topological polar surface area (TPSA) is 109 Å². The van der Waals surface area contributed by atoms with Crippen LogP contribution in [0.4, 0.5) is 18.9 Å². The second-order valence-corrected chi connectivity index (χ2v) is 10.7. The first kappa shape index (κ1) is 23.4. The average molecular weight is 514 g/mol. The quantitative estimate of drug-likeness (QED) is 0.503. The summed E-state index contributed by atoms with van der Waals surface area (Å²) in [5, 5.41) is -0.681. The fourth-order valence-electron chi connectivity index (χ4n) is 2.59. The van der Waals surface area contributed by atoms with Gasteiger partial charge >= 0.3 is 6.18 Å². The fourth-order valence-corrected chi connectivity index (χ4v) is 5.57. The van der Waals surface area contributed by atoms with Gasteiger partial charge in [0.2, 0.25) is 0 Å². The largest absolute Gasteiger partial charge is 0.417 e. The number of alkyl halides is 3. The molecule has 2 N–H and O–H groups in total. The van der Waals surface area contributed by atoms with Gasteiger partial charge in [0.15, 0.2) is 9.84 Å². The third-order valence-corrected chi connectivity index (χ3v) is 7.60. The van der Waals surface area contributed by atoms with Crippen LogP contribution in [0.2, 0.25) is 10.0 Å². The molecule has 14 heteroatoms. The molecular formula is C17H12Cl2F3N3O4S2. The zero-order valence-electron chi connectivity index (χ0n) is 15.1. The summed E-state index contributed by atoms with van der Waals surface area (Å²) in [6.45, 7) is 0. The number of hydrogen-bond acceptors (Lipinski definition) is 5. The predicted molar refractivity (Wildman–Crippen MR) is 108 cm³/mol. The molecule has 1 aromatic heterocycles. The van der Waals surface area contributed by atoms with Crippen LogP contribution in [0, 0.1) is 0 Å². The van der Waals surface area contributed by atoms with Gasteiger partial charge in [0.1, 0.15) is 0 Å². The van der Waals surface area contributed by atoms with Gasteiger partial charge < -0.3 is 4.98 Å². The molecule has 0 radical (unpaired) electrons. The Hall–Kier alpha value is -2.28. The smallest absolute Gasteiger partial charge is 0.351 e. The molecule has 0 aliphatic carbocycles. The second-order valence-electron chi connectivity index (χ2n) is 6.21. The molecule has 0 aliphatic rings. The van der Waals surface area contributed by atoms with Crippen molar-refractivity contribution < 1.29 is 30.0 Å². The average Bonchev–Trinajstić information content (AvgIpc) is 3.12.